The monoisotopic (exact) mass is 302 g/mol. The van der Waals surface area contributed by atoms with Gasteiger partial charge in [-0.2, -0.15) is 0 Å². The van der Waals surface area contributed by atoms with E-state index in [-0.39, 0.29) is 5.56 Å². The molecule has 0 atom stereocenters. The fourth-order valence-electron chi connectivity index (χ4n) is 1.66. The van der Waals surface area contributed by atoms with Gasteiger partial charge >= 0.3 is 0 Å². The van der Waals surface area contributed by atoms with Crippen LogP contribution in [0.3, 0.4) is 0 Å². The van der Waals surface area contributed by atoms with Crippen LogP contribution < -0.4 is 0 Å². The highest BCUT2D eigenvalue weighted by atomic mass is 35.5. The van der Waals surface area contributed by atoms with Crippen molar-refractivity contribution in [1.29, 1.82) is 0 Å². The van der Waals surface area contributed by atoms with Crippen LogP contribution in [0.25, 0.3) is 11.1 Å². The van der Waals surface area contributed by atoms with Gasteiger partial charge in [-0.1, -0.05) is 40.9 Å². The summed E-state index contributed by atoms with van der Waals surface area (Å²) < 4.78 is 13.1. The molecule has 2 aromatic carbocycles. The Morgan fingerprint density at radius 2 is 1.61 bits per heavy atom. The maximum absolute atomic E-state index is 13.1. The summed E-state index contributed by atoms with van der Waals surface area (Å²) in [5, 5.41) is 1.01. The van der Waals surface area contributed by atoms with Gasteiger partial charge in [-0.25, -0.2) is 4.39 Å². The first-order valence-corrected chi connectivity index (χ1v) is 6.06. The van der Waals surface area contributed by atoms with E-state index in [4.69, 9.17) is 34.8 Å². The number of carbonyl (C=O) groups excluding carboxylic acids is 1. The summed E-state index contributed by atoms with van der Waals surface area (Å²) in [4.78, 5) is 11.0. The molecule has 0 saturated heterocycles. The van der Waals surface area contributed by atoms with Gasteiger partial charge in [0, 0.05) is 16.1 Å². The molecular formula is C13H6Cl3FO. The summed E-state index contributed by atoms with van der Waals surface area (Å²) in [5.41, 5.74) is 1.11. The van der Waals surface area contributed by atoms with E-state index in [0.29, 0.717) is 32.5 Å². The van der Waals surface area contributed by atoms with Crippen LogP contribution in [0.2, 0.25) is 15.1 Å². The van der Waals surface area contributed by atoms with Gasteiger partial charge in [0.15, 0.2) is 6.29 Å². The third kappa shape index (κ3) is 2.51. The number of benzene rings is 2. The van der Waals surface area contributed by atoms with Gasteiger partial charge in [0.1, 0.15) is 5.82 Å². The number of hydrogen-bond acceptors (Lipinski definition) is 1. The van der Waals surface area contributed by atoms with Gasteiger partial charge in [-0.3, -0.25) is 4.79 Å². The second-order valence-electron chi connectivity index (χ2n) is 3.59. The predicted molar refractivity (Wildman–Crippen MR) is 72.3 cm³/mol. The van der Waals surface area contributed by atoms with Crippen LogP contribution in [0.5, 0.6) is 0 Å². The molecule has 0 aliphatic heterocycles. The zero-order valence-electron chi connectivity index (χ0n) is 8.88. The molecule has 18 heavy (non-hydrogen) atoms. The standard InChI is InChI=1S/C13H6Cl3FO/c14-8-4-11(15)13(12(16)5-8)10-2-1-9(17)3-7(10)6-18/h1-6H. The molecule has 0 saturated carbocycles. The quantitative estimate of drug-likeness (QED) is 0.691. The average Bonchev–Trinajstić information content (AvgIpc) is 2.29. The molecule has 0 radical (unpaired) electrons. The van der Waals surface area contributed by atoms with Crippen LogP contribution in [0.15, 0.2) is 30.3 Å². The lowest BCUT2D eigenvalue weighted by Crippen LogP contribution is -1.91. The summed E-state index contributed by atoms with van der Waals surface area (Å²) in [6.45, 7) is 0. The highest BCUT2D eigenvalue weighted by Crippen LogP contribution is 2.38. The molecule has 0 aliphatic carbocycles. The smallest absolute Gasteiger partial charge is 0.150 e. The largest absolute Gasteiger partial charge is 0.298 e. The number of rotatable bonds is 2. The first-order valence-electron chi connectivity index (χ1n) is 4.92. The lowest BCUT2D eigenvalue weighted by atomic mass is 10.00. The molecule has 92 valence electrons. The van der Waals surface area contributed by atoms with Gasteiger partial charge in [0.2, 0.25) is 0 Å². The molecule has 0 aliphatic rings. The molecule has 0 fully saturated rings. The molecule has 5 heteroatoms. The minimum absolute atomic E-state index is 0.182. The van der Waals surface area contributed by atoms with Crippen molar-refractivity contribution < 1.29 is 9.18 Å². The Morgan fingerprint density at radius 1 is 1.00 bits per heavy atom. The molecule has 0 heterocycles. The Morgan fingerprint density at radius 3 is 2.17 bits per heavy atom. The molecule has 0 unspecified atom stereocenters. The Hall–Kier alpha value is -1.09. The Kier molecular flexibility index (Phi) is 3.91. The predicted octanol–water partition coefficient (Wildman–Crippen LogP) is 5.27. The zero-order chi connectivity index (χ0) is 13.3. The van der Waals surface area contributed by atoms with Crippen LogP contribution in [0.1, 0.15) is 10.4 Å². The normalized spacial score (nSPS) is 10.4. The van der Waals surface area contributed by atoms with Crippen molar-refractivity contribution >= 4 is 41.1 Å². The zero-order valence-corrected chi connectivity index (χ0v) is 11.2. The first-order chi connectivity index (χ1) is 8.52. The summed E-state index contributed by atoms with van der Waals surface area (Å²) in [5.74, 6) is -0.498. The SMILES string of the molecule is O=Cc1cc(F)ccc1-c1c(Cl)cc(Cl)cc1Cl. The van der Waals surface area contributed by atoms with E-state index in [2.05, 4.69) is 0 Å². The van der Waals surface area contributed by atoms with Gasteiger partial charge in [0.05, 0.1) is 10.0 Å². The molecule has 0 aromatic heterocycles. The first kappa shape index (κ1) is 13.3. The van der Waals surface area contributed by atoms with Gasteiger partial charge in [-0.05, 0) is 29.8 Å². The third-order valence-corrected chi connectivity index (χ3v) is 3.23. The van der Waals surface area contributed by atoms with Crippen molar-refractivity contribution in [2.24, 2.45) is 0 Å². The maximum atomic E-state index is 13.1. The van der Waals surface area contributed by atoms with Crippen molar-refractivity contribution in [3.63, 3.8) is 0 Å². The van der Waals surface area contributed by atoms with E-state index in [1.165, 1.54) is 24.3 Å². The minimum atomic E-state index is -0.498. The molecule has 2 rings (SSSR count). The second-order valence-corrected chi connectivity index (χ2v) is 4.84. The number of aldehydes is 1. The summed E-state index contributed by atoms with van der Waals surface area (Å²) in [6.07, 6.45) is 0.555. The number of carbonyl (C=O) groups is 1. The Bertz CT molecular complexity index is 603. The fourth-order valence-corrected chi connectivity index (χ4v) is 2.68. The van der Waals surface area contributed by atoms with Crippen molar-refractivity contribution in [1.82, 2.24) is 0 Å². The molecule has 2 aromatic rings. The molecule has 0 N–H and O–H groups in total. The van der Waals surface area contributed by atoms with E-state index in [0.717, 1.165) is 6.07 Å². The number of halogens is 4. The maximum Gasteiger partial charge on any atom is 0.150 e. The minimum Gasteiger partial charge on any atom is -0.298 e. The van der Waals surface area contributed by atoms with Crippen molar-refractivity contribution in [2.45, 2.75) is 0 Å². The van der Waals surface area contributed by atoms with Crippen molar-refractivity contribution in [2.75, 3.05) is 0 Å². The third-order valence-electron chi connectivity index (χ3n) is 2.42. The number of hydrogen-bond donors (Lipinski definition) is 0. The molecular weight excluding hydrogens is 297 g/mol. The lowest BCUT2D eigenvalue weighted by molar-refractivity contribution is 0.112. The van der Waals surface area contributed by atoms with Gasteiger partial charge in [0.25, 0.3) is 0 Å². The Balaban J connectivity index is 2.73. The van der Waals surface area contributed by atoms with Crippen LogP contribution in [-0.4, -0.2) is 6.29 Å². The van der Waals surface area contributed by atoms with E-state index >= 15 is 0 Å². The molecule has 1 nitrogen and oxygen atoms in total. The average molecular weight is 304 g/mol. The van der Waals surface area contributed by atoms with Crippen LogP contribution in [0.4, 0.5) is 4.39 Å². The summed E-state index contributed by atoms with van der Waals surface area (Å²) in [6, 6.07) is 6.86. The molecule has 0 bridgehead atoms. The van der Waals surface area contributed by atoms with E-state index in [9.17, 15) is 9.18 Å². The highest BCUT2D eigenvalue weighted by Gasteiger charge is 2.14. The van der Waals surface area contributed by atoms with Gasteiger partial charge in [-0.15, -0.1) is 0 Å². The van der Waals surface area contributed by atoms with E-state index in [1.807, 2.05) is 0 Å². The van der Waals surface area contributed by atoms with E-state index < -0.39 is 5.82 Å². The Labute approximate surface area is 118 Å². The van der Waals surface area contributed by atoms with Crippen LogP contribution in [0, 0.1) is 5.82 Å². The van der Waals surface area contributed by atoms with Crippen molar-refractivity contribution in [3.05, 3.63) is 56.8 Å². The lowest BCUT2D eigenvalue weighted by Gasteiger charge is -2.10. The molecule has 0 amide bonds. The summed E-state index contributed by atoms with van der Waals surface area (Å²) in [7, 11) is 0. The topological polar surface area (TPSA) is 17.1 Å². The van der Waals surface area contributed by atoms with E-state index in [1.54, 1.807) is 0 Å². The molecule has 0 spiro atoms. The van der Waals surface area contributed by atoms with Gasteiger partial charge < -0.3 is 0 Å². The second kappa shape index (κ2) is 5.27. The highest BCUT2D eigenvalue weighted by molar-refractivity contribution is 6.42. The van der Waals surface area contributed by atoms with Crippen LogP contribution in [-0.2, 0) is 0 Å². The van der Waals surface area contributed by atoms with Crippen molar-refractivity contribution in [3.8, 4) is 11.1 Å². The van der Waals surface area contributed by atoms with Crippen LogP contribution >= 0.6 is 34.8 Å². The summed E-state index contributed by atoms with van der Waals surface area (Å²) >= 11 is 17.9. The fraction of sp³-hybridized carbons (Fsp3) is 0.